The molecule has 2 bridgehead atoms. The third-order valence-corrected chi connectivity index (χ3v) is 6.62. The average molecular weight is 292 g/mol. The summed E-state index contributed by atoms with van der Waals surface area (Å²) in [5.41, 5.74) is 0.645. The second-order valence-electron chi connectivity index (χ2n) is 8.50. The number of rotatable bonds is 4. The van der Waals surface area contributed by atoms with Crippen LogP contribution in [0, 0.1) is 16.7 Å². The van der Waals surface area contributed by atoms with Gasteiger partial charge in [-0.25, -0.2) is 0 Å². The van der Waals surface area contributed by atoms with Gasteiger partial charge in [-0.15, -0.1) is 0 Å². The smallest absolute Gasteiger partial charge is 0.239 e. The fourth-order valence-electron chi connectivity index (χ4n) is 5.72. The molecule has 0 aromatic heterocycles. The maximum atomic E-state index is 13.0. The van der Waals surface area contributed by atoms with Crippen LogP contribution in [0.4, 0.5) is 0 Å². The molecular formula is C18H32N2O. The molecule has 0 aromatic carbocycles. The van der Waals surface area contributed by atoms with Gasteiger partial charge in [0.15, 0.2) is 0 Å². The van der Waals surface area contributed by atoms with E-state index in [1.54, 1.807) is 0 Å². The Morgan fingerprint density at radius 1 is 1.29 bits per heavy atom. The number of fused-ring (bicyclic) bond motifs is 2. The molecular weight excluding hydrogens is 260 g/mol. The van der Waals surface area contributed by atoms with E-state index in [0.29, 0.717) is 17.4 Å². The molecule has 1 N–H and O–H groups in total. The van der Waals surface area contributed by atoms with Crippen molar-refractivity contribution in [2.24, 2.45) is 16.7 Å². The van der Waals surface area contributed by atoms with E-state index in [4.69, 9.17) is 0 Å². The van der Waals surface area contributed by atoms with Crippen LogP contribution in [-0.2, 0) is 4.79 Å². The molecule has 0 spiro atoms. The molecule has 1 saturated heterocycles. The summed E-state index contributed by atoms with van der Waals surface area (Å²) in [6, 6.07) is 0.514. The minimum atomic E-state index is 0.0669. The molecule has 120 valence electrons. The van der Waals surface area contributed by atoms with Gasteiger partial charge in [0.2, 0.25) is 5.91 Å². The Morgan fingerprint density at radius 3 is 2.67 bits per heavy atom. The highest BCUT2D eigenvalue weighted by Gasteiger charge is 2.62. The number of hydrogen-bond acceptors (Lipinski definition) is 2. The first kappa shape index (κ1) is 15.3. The van der Waals surface area contributed by atoms with Crippen LogP contribution in [-0.4, -0.2) is 36.0 Å². The maximum Gasteiger partial charge on any atom is 0.239 e. The largest absolute Gasteiger partial charge is 0.337 e. The Morgan fingerprint density at radius 2 is 2.05 bits per heavy atom. The number of carbonyl (C=O) groups excluding carboxylic acids is 1. The van der Waals surface area contributed by atoms with Gasteiger partial charge in [0.05, 0.1) is 6.04 Å². The monoisotopic (exact) mass is 292 g/mol. The Kier molecular flexibility index (Phi) is 3.84. The number of carbonyl (C=O) groups is 1. The minimum absolute atomic E-state index is 0.0669. The number of nitrogens with zero attached hydrogens (tertiary/aromatic N) is 1. The molecule has 2 aliphatic carbocycles. The van der Waals surface area contributed by atoms with Gasteiger partial charge in [0.1, 0.15) is 0 Å². The number of likely N-dealkylation sites (tertiary alicyclic amines) is 1. The quantitative estimate of drug-likeness (QED) is 0.863. The Labute approximate surface area is 129 Å². The molecule has 0 radical (unpaired) electrons. The second kappa shape index (κ2) is 5.26. The van der Waals surface area contributed by atoms with Crippen LogP contribution < -0.4 is 5.32 Å². The topological polar surface area (TPSA) is 32.3 Å². The van der Waals surface area contributed by atoms with Crippen molar-refractivity contribution in [2.45, 2.75) is 78.3 Å². The van der Waals surface area contributed by atoms with E-state index in [2.05, 4.69) is 37.9 Å². The van der Waals surface area contributed by atoms with E-state index in [1.807, 2.05) is 0 Å². The lowest BCUT2D eigenvalue weighted by Crippen LogP contribution is -2.61. The molecule has 3 rings (SSSR count). The summed E-state index contributed by atoms with van der Waals surface area (Å²) in [5, 5.41) is 3.47. The van der Waals surface area contributed by atoms with Crippen LogP contribution in [0.15, 0.2) is 0 Å². The van der Waals surface area contributed by atoms with E-state index in [9.17, 15) is 4.79 Å². The van der Waals surface area contributed by atoms with Gasteiger partial charge in [0, 0.05) is 12.6 Å². The summed E-state index contributed by atoms with van der Waals surface area (Å²) >= 11 is 0. The lowest BCUT2D eigenvalue weighted by atomic mass is 9.67. The maximum absolute atomic E-state index is 13.0. The number of piperidine rings is 1. The van der Waals surface area contributed by atoms with Crippen molar-refractivity contribution in [3.05, 3.63) is 0 Å². The van der Waals surface area contributed by atoms with Crippen molar-refractivity contribution in [1.29, 1.82) is 0 Å². The zero-order valence-corrected chi connectivity index (χ0v) is 14.2. The van der Waals surface area contributed by atoms with Crippen molar-refractivity contribution >= 4 is 5.91 Å². The third-order valence-electron chi connectivity index (χ3n) is 6.62. The summed E-state index contributed by atoms with van der Waals surface area (Å²) in [4.78, 5) is 15.3. The van der Waals surface area contributed by atoms with Gasteiger partial charge in [-0.2, -0.15) is 0 Å². The van der Waals surface area contributed by atoms with Crippen molar-refractivity contribution in [3.63, 3.8) is 0 Å². The van der Waals surface area contributed by atoms with E-state index < -0.39 is 0 Å². The van der Waals surface area contributed by atoms with E-state index >= 15 is 0 Å². The molecule has 1 amide bonds. The van der Waals surface area contributed by atoms with Gasteiger partial charge in [-0.1, -0.05) is 27.7 Å². The molecule has 1 heterocycles. The number of amides is 1. The summed E-state index contributed by atoms with van der Waals surface area (Å²) in [5.74, 6) is 1.19. The van der Waals surface area contributed by atoms with Crippen molar-refractivity contribution in [2.75, 3.05) is 13.1 Å². The van der Waals surface area contributed by atoms with Crippen LogP contribution in [0.2, 0.25) is 0 Å². The van der Waals surface area contributed by atoms with Gasteiger partial charge < -0.3 is 10.2 Å². The summed E-state index contributed by atoms with van der Waals surface area (Å²) in [7, 11) is 0. The van der Waals surface area contributed by atoms with Crippen LogP contribution in [0.3, 0.4) is 0 Å². The van der Waals surface area contributed by atoms with Crippen molar-refractivity contribution < 1.29 is 4.79 Å². The van der Waals surface area contributed by atoms with Crippen LogP contribution in [0.1, 0.15) is 66.2 Å². The summed E-state index contributed by atoms with van der Waals surface area (Å²) in [6.45, 7) is 11.3. The van der Waals surface area contributed by atoms with Gasteiger partial charge in [0.25, 0.3) is 0 Å². The first-order valence-corrected chi connectivity index (χ1v) is 8.94. The van der Waals surface area contributed by atoms with E-state index in [-0.39, 0.29) is 11.5 Å². The lowest BCUT2D eigenvalue weighted by molar-refractivity contribution is -0.145. The molecule has 21 heavy (non-hydrogen) atoms. The predicted molar refractivity (Wildman–Crippen MR) is 86.0 cm³/mol. The molecule has 3 heteroatoms. The highest BCUT2D eigenvalue weighted by Crippen LogP contribution is 2.64. The average Bonchev–Trinajstić information content (AvgIpc) is 2.90. The Balaban J connectivity index is 1.81. The van der Waals surface area contributed by atoms with Gasteiger partial charge in [-0.05, 0) is 61.8 Å². The molecule has 2 saturated carbocycles. The third kappa shape index (κ3) is 2.32. The van der Waals surface area contributed by atoms with Crippen LogP contribution in [0.25, 0.3) is 0 Å². The van der Waals surface area contributed by atoms with E-state index in [1.165, 1.54) is 19.3 Å². The SMILES string of the molecule is CCCNC1CCCN(C2C3(C)CCC(C3)C2(C)C)C1=O. The summed E-state index contributed by atoms with van der Waals surface area (Å²) < 4.78 is 0. The highest BCUT2D eigenvalue weighted by molar-refractivity contribution is 5.83. The van der Waals surface area contributed by atoms with Gasteiger partial charge >= 0.3 is 0 Å². The van der Waals surface area contributed by atoms with Crippen molar-refractivity contribution in [3.8, 4) is 0 Å². The lowest BCUT2D eigenvalue weighted by Gasteiger charge is -2.51. The minimum Gasteiger partial charge on any atom is -0.337 e. The molecule has 4 unspecified atom stereocenters. The Hall–Kier alpha value is -0.570. The number of nitrogens with one attached hydrogen (secondary N) is 1. The zero-order valence-electron chi connectivity index (χ0n) is 14.2. The Bertz CT molecular complexity index is 415. The predicted octanol–water partition coefficient (Wildman–Crippen LogP) is 3.19. The standard InChI is InChI=1S/C18H32N2O/c1-5-10-19-14-7-6-11-20(15(14)21)16-17(2,3)13-8-9-18(16,4)12-13/h13-14,16,19H,5-12H2,1-4H3. The normalized spacial score (nSPS) is 41.8. The molecule has 3 nitrogen and oxygen atoms in total. The fraction of sp³-hybridized carbons (Fsp3) is 0.944. The first-order valence-electron chi connectivity index (χ1n) is 8.94. The van der Waals surface area contributed by atoms with Crippen LogP contribution >= 0.6 is 0 Å². The first-order chi connectivity index (χ1) is 9.90. The van der Waals surface area contributed by atoms with Crippen molar-refractivity contribution in [1.82, 2.24) is 10.2 Å². The zero-order chi connectivity index (χ0) is 15.3. The summed E-state index contributed by atoms with van der Waals surface area (Å²) in [6.07, 6.45) is 7.26. The molecule has 0 aromatic rings. The molecule has 3 fully saturated rings. The highest BCUT2D eigenvalue weighted by atomic mass is 16.2. The van der Waals surface area contributed by atoms with Crippen LogP contribution in [0.5, 0.6) is 0 Å². The molecule has 1 aliphatic heterocycles. The van der Waals surface area contributed by atoms with Gasteiger partial charge in [-0.3, -0.25) is 4.79 Å². The fourth-order valence-corrected chi connectivity index (χ4v) is 5.72. The van der Waals surface area contributed by atoms with E-state index in [0.717, 1.165) is 38.3 Å². The molecule has 4 atom stereocenters. The number of hydrogen-bond donors (Lipinski definition) is 1. The second-order valence-corrected chi connectivity index (χ2v) is 8.50. The molecule has 3 aliphatic rings.